The first kappa shape index (κ1) is 16.4. The summed E-state index contributed by atoms with van der Waals surface area (Å²) < 4.78 is 5.51. The Balaban J connectivity index is 1.82. The molecule has 3 N–H and O–H groups in total. The van der Waals surface area contributed by atoms with E-state index < -0.39 is 0 Å². The Morgan fingerprint density at radius 1 is 1.38 bits per heavy atom. The number of aliphatic hydroxyl groups excluding tert-OH is 1. The maximum Gasteiger partial charge on any atom is 0.298 e. The third kappa shape index (κ3) is 3.55. The van der Waals surface area contributed by atoms with Crippen LogP contribution in [0.5, 0.6) is 0 Å². The third-order valence-electron chi connectivity index (χ3n) is 4.07. The molecule has 0 aliphatic carbocycles. The van der Waals surface area contributed by atoms with Gasteiger partial charge in [0.25, 0.3) is 5.91 Å². The Bertz CT molecular complexity index is 708. The molecule has 126 valence electrons. The Labute approximate surface area is 140 Å². The number of furan rings is 1. The lowest BCUT2D eigenvalue weighted by Gasteiger charge is -2.18. The van der Waals surface area contributed by atoms with Crippen molar-refractivity contribution in [2.45, 2.75) is 19.4 Å². The van der Waals surface area contributed by atoms with Gasteiger partial charge >= 0.3 is 0 Å². The molecule has 1 aromatic heterocycles. The Morgan fingerprint density at radius 3 is 2.83 bits per heavy atom. The molecule has 1 atom stereocenters. The highest BCUT2D eigenvalue weighted by molar-refractivity contribution is 6.03. The van der Waals surface area contributed by atoms with Crippen LogP contribution in [0.25, 0.3) is 0 Å². The molecule has 0 spiro atoms. The average Bonchev–Trinajstić information content (AvgIpc) is 3.25. The number of carbonyl (C=O) groups excluding carboxylic acids is 1. The molecule has 0 saturated carbocycles. The number of carbonyl (C=O) groups is 1. The number of hydrogen-bond acceptors (Lipinski definition) is 4. The van der Waals surface area contributed by atoms with E-state index in [0.29, 0.717) is 13.0 Å². The van der Waals surface area contributed by atoms with Gasteiger partial charge in [0.15, 0.2) is 6.54 Å². The average molecular weight is 328 g/mol. The summed E-state index contributed by atoms with van der Waals surface area (Å²) in [5.41, 5.74) is 3.09. The molecule has 3 rings (SSSR count). The smallest absolute Gasteiger partial charge is 0.298 e. The zero-order valence-electron chi connectivity index (χ0n) is 13.7. The molecule has 1 aliphatic rings. The lowest BCUT2D eigenvalue weighted by molar-refractivity contribution is -0.645. The van der Waals surface area contributed by atoms with Crippen molar-refractivity contribution < 1.29 is 19.6 Å². The van der Waals surface area contributed by atoms with E-state index in [0.717, 1.165) is 17.0 Å². The molecule has 2 aromatic rings. The van der Waals surface area contributed by atoms with Gasteiger partial charge in [0, 0.05) is 6.42 Å². The first-order valence-electron chi connectivity index (χ1n) is 8.11. The molecule has 2 heterocycles. The van der Waals surface area contributed by atoms with Crippen LogP contribution in [0, 0.1) is 6.92 Å². The van der Waals surface area contributed by atoms with E-state index >= 15 is 0 Å². The van der Waals surface area contributed by atoms with E-state index in [1.165, 1.54) is 10.6 Å². The van der Waals surface area contributed by atoms with E-state index in [2.05, 4.69) is 5.10 Å². The second-order valence-electron chi connectivity index (χ2n) is 5.89. The van der Waals surface area contributed by atoms with Crippen LogP contribution < -0.4 is 5.32 Å². The van der Waals surface area contributed by atoms with Crippen LogP contribution in [0.15, 0.2) is 52.2 Å². The molecule has 0 saturated heterocycles. The van der Waals surface area contributed by atoms with Crippen molar-refractivity contribution in [1.29, 1.82) is 0 Å². The first-order chi connectivity index (χ1) is 11.7. The fourth-order valence-electron chi connectivity index (χ4n) is 2.77. The van der Waals surface area contributed by atoms with Gasteiger partial charge in [-0.3, -0.25) is 4.79 Å². The topological polar surface area (TPSA) is 82.7 Å². The zero-order valence-corrected chi connectivity index (χ0v) is 13.7. The highest BCUT2D eigenvalue weighted by atomic mass is 16.3. The monoisotopic (exact) mass is 328 g/mol. The Hall–Kier alpha value is -2.44. The van der Waals surface area contributed by atoms with E-state index in [9.17, 15) is 4.79 Å². The van der Waals surface area contributed by atoms with Crippen molar-refractivity contribution in [3.63, 3.8) is 0 Å². The minimum Gasteiger partial charge on any atom is -0.467 e. The number of benzene rings is 1. The van der Waals surface area contributed by atoms with E-state index in [1.807, 2.05) is 43.3 Å². The molecule has 6 heteroatoms. The fourth-order valence-corrected chi connectivity index (χ4v) is 2.77. The van der Waals surface area contributed by atoms with Crippen LogP contribution >= 0.6 is 0 Å². The minimum atomic E-state index is -0.216. The van der Waals surface area contributed by atoms with Crippen LogP contribution in [0.1, 0.15) is 29.3 Å². The maximum absolute atomic E-state index is 12.5. The summed E-state index contributed by atoms with van der Waals surface area (Å²) in [5.74, 6) is 0.642. The second-order valence-corrected chi connectivity index (χ2v) is 5.89. The van der Waals surface area contributed by atoms with Gasteiger partial charge in [0.05, 0.1) is 25.1 Å². The van der Waals surface area contributed by atoms with Crippen LogP contribution in [0.4, 0.5) is 0 Å². The molecule has 6 nitrogen and oxygen atoms in total. The number of nitrogens with zero attached hydrogens (tertiary/aromatic N) is 2. The number of hydrogen-bond donors (Lipinski definition) is 2. The molecule has 0 unspecified atom stereocenters. The Morgan fingerprint density at radius 2 is 2.17 bits per heavy atom. The first-order valence-corrected chi connectivity index (χ1v) is 8.11. The second kappa shape index (κ2) is 7.42. The predicted octanol–water partition coefficient (Wildman–Crippen LogP) is 0.821. The van der Waals surface area contributed by atoms with Gasteiger partial charge < -0.3 is 14.8 Å². The maximum atomic E-state index is 12.5. The molecular formula is C18H22N3O3+. The molecule has 1 aromatic carbocycles. The van der Waals surface area contributed by atoms with Crippen LogP contribution in [0.3, 0.4) is 0 Å². The largest absolute Gasteiger partial charge is 0.467 e. The van der Waals surface area contributed by atoms with Gasteiger partial charge in [-0.1, -0.05) is 29.8 Å². The molecule has 0 radical (unpaired) electrons. The number of quaternary nitrogens is 1. The van der Waals surface area contributed by atoms with Crippen molar-refractivity contribution in [3.05, 3.63) is 59.5 Å². The zero-order chi connectivity index (χ0) is 16.9. The van der Waals surface area contributed by atoms with Crippen LogP contribution in [-0.2, 0) is 4.79 Å². The van der Waals surface area contributed by atoms with Crippen LogP contribution in [-0.4, -0.2) is 41.4 Å². The van der Waals surface area contributed by atoms with Gasteiger partial charge in [-0.2, -0.15) is 5.10 Å². The number of hydrazone groups is 1. The highest BCUT2D eigenvalue weighted by Gasteiger charge is 2.35. The molecule has 1 aliphatic heterocycles. The standard InChI is InChI=1S/C18H21N3O3/c1-13-4-6-14(7-5-13)15-11-16(17-3-2-10-24-17)21(20-15)18(23)12-19-8-9-22/h2-7,10,16,19,22H,8-9,11-12H2,1H3/p+1/t16-/m1/s1. The van der Waals surface area contributed by atoms with Crippen LogP contribution in [0.2, 0.25) is 0 Å². The molecular weight excluding hydrogens is 306 g/mol. The number of amides is 1. The van der Waals surface area contributed by atoms with E-state index in [4.69, 9.17) is 9.52 Å². The summed E-state index contributed by atoms with van der Waals surface area (Å²) in [5, 5.41) is 16.7. The normalized spacial score (nSPS) is 17.2. The van der Waals surface area contributed by atoms with Crippen molar-refractivity contribution in [2.24, 2.45) is 5.10 Å². The lowest BCUT2D eigenvalue weighted by Crippen LogP contribution is -2.87. The summed E-state index contributed by atoms with van der Waals surface area (Å²) in [6, 6.07) is 11.6. The molecule has 0 fully saturated rings. The highest BCUT2D eigenvalue weighted by Crippen LogP contribution is 2.32. The quantitative estimate of drug-likeness (QED) is 0.770. The summed E-state index contributed by atoms with van der Waals surface area (Å²) >= 11 is 0. The number of aryl methyl sites for hydroxylation is 1. The SMILES string of the molecule is Cc1ccc(C2=NN(C(=O)C[NH2+]CCO)[C@@H](c3ccco3)C2)cc1. The van der Waals surface area contributed by atoms with E-state index in [-0.39, 0.29) is 25.1 Å². The van der Waals surface area contributed by atoms with Gasteiger partial charge in [-0.15, -0.1) is 0 Å². The summed E-state index contributed by atoms with van der Waals surface area (Å²) in [7, 11) is 0. The Kier molecular flexibility index (Phi) is 5.08. The van der Waals surface area contributed by atoms with Gasteiger partial charge in [0.1, 0.15) is 11.8 Å². The van der Waals surface area contributed by atoms with Crippen molar-refractivity contribution in [2.75, 3.05) is 19.7 Å². The number of aliphatic hydroxyl groups is 1. The van der Waals surface area contributed by atoms with E-state index in [1.54, 1.807) is 11.6 Å². The summed E-state index contributed by atoms with van der Waals surface area (Å²) in [6.45, 7) is 2.84. The van der Waals surface area contributed by atoms with Crippen molar-refractivity contribution in [3.8, 4) is 0 Å². The molecule has 24 heavy (non-hydrogen) atoms. The third-order valence-corrected chi connectivity index (χ3v) is 4.07. The van der Waals surface area contributed by atoms with Gasteiger partial charge in [-0.05, 0) is 24.6 Å². The summed E-state index contributed by atoms with van der Waals surface area (Å²) in [6.07, 6.45) is 2.24. The summed E-state index contributed by atoms with van der Waals surface area (Å²) in [4.78, 5) is 12.5. The van der Waals surface area contributed by atoms with Gasteiger partial charge in [-0.25, -0.2) is 5.01 Å². The minimum absolute atomic E-state index is 0.0484. The van der Waals surface area contributed by atoms with Crippen molar-refractivity contribution >= 4 is 11.6 Å². The number of nitrogens with two attached hydrogens (primary N) is 1. The predicted molar refractivity (Wildman–Crippen MR) is 89.4 cm³/mol. The molecule has 1 amide bonds. The van der Waals surface area contributed by atoms with Gasteiger partial charge in [0.2, 0.25) is 0 Å². The lowest BCUT2D eigenvalue weighted by atomic mass is 10.0. The van der Waals surface area contributed by atoms with Crippen molar-refractivity contribution in [1.82, 2.24) is 5.01 Å². The molecule has 0 bridgehead atoms. The number of rotatable bonds is 6. The fraction of sp³-hybridized carbons (Fsp3) is 0.333.